The molecule has 8 heteroatoms. The second-order valence-corrected chi connectivity index (χ2v) is 7.67. The summed E-state index contributed by atoms with van der Waals surface area (Å²) in [6, 6.07) is 16.9. The standard InChI is InChI=1S/C21H23N7S/c1-15-4-6-18(7-5-15)20-24-21(29)28(25-20)14-26(3)16(2)17-8-10-19(11-9-17)27-13-22-12-23-27/h4-13,16H,14H2,1-3H3,(H,24,25,29)/p+1/t16-/m0/s1. The Balaban J connectivity index is 1.48. The van der Waals surface area contributed by atoms with Crippen molar-refractivity contribution >= 4 is 12.2 Å². The van der Waals surface area contributed by atoms with Crippen LogP contribution < -0.4 is 4.90 Å². The Morgan fingerprint density at radius 3 is 2.48 bits per heavy atom. The largest absolute Gasteiger partial charge is 0.313 e. The molecule has 4 rings (SSSR count). The monoisotopic (exact) mass is 406 g/mol. The van der Waals surface area contributed by atoms with Crippen molar-refractivity contribution in [2.24, 2.45) is 0 Å². The number of nitrogens with zero attached hydrogens (tertiary/aromatic N) is 5. The van der Waals surface area contributed by atoms with Crippen molar-refractivity contribution in [3.8, 4) is 17.1 Å². The van der Waals surface area contributed by atoms with Gasteiger partial charge in [-0.25, -0.2) is 14.3 Å². The molecule has 0 aliphatic heterocycles. The molecule has 2 N–H and O–H groups in total. The van der Waals surface area contributed by atoms with Crippen LogP contribution in [-0.2, 0) is 6.67 Å². The lowest BCUT2D eigenvalue weighted by atomic mass is 10.1. The van der Waals surface area contributed by atoms with E-state index in [1.165, 1.54) is 22.4 Å². The van der Waals surface area contributed by atoms with E-state index < -0.39 is 0 Å². The molecule has 148 valence electrons. The normalized spacial score (nSPS) is 13.3. The van der Waals surface area contributed by atoms with Crippen LogP contribution in [0.25, 0.3) is 17.1 Å². The molecule has 0 amide bonds. The van der Waals surface area contributed by atoms with Gasteiger partial charge < -0.3 is 4.90 Å². The van der Waals surface area contributed by atoms with Gasteiger partial charge in [-0.05, 0) is 38.2 Å². The van der Waals surface area contributed by atoms with Crippen LogP contribution >= 0.6 is 12.2 Å². The zero-order valence-electron chi connectivity index (χ0n) is 16.7. The Bertz CT molecular complexity index is 1130. The SMILES string of the molecule is Cc1ccc(-c2nc(=S)n(C[NH+](C)[C@@H](C)c3ccc(-n4cncn4)cc3)[nH]2)cc1. The molecule has 2 aromatic heterocycles. The number of hydrogen-bond donors (Lipinski definition) is 2. The van der Waals surface area contributed by atoms with Crippen molar-refractivity contribution in [2.45, 2.75) is 26.6 Å². The molecule has 29 heavy (non-hydrogen) atoms. The lowest BCUT2D eigenvalue weighted by Crippen LogP contribution is -3.08. The number of H-pyrrole nitrogens is 1. The van der Waals surface area contributed by atoms with E-state index in [-0.39, 0.29) is 6.04 Å². The Hall–Kier alpha value is -3.10. The minimum Gasteiger partial charge on any atom is -0.313 e. The number of nitrogens with one attached hydrogen (secondary N) is 2. The van der Waals surface area contributed by atoms with E-state index in [1.807, 2.05) is 4.68 Å². The van der Waals surface area contributed by atoms with E-state index in [9.17, 15) is 0 Å². The molecule has 0 bridgehead atoms. The van der Waals surface area contributed by atoms with Gasteiger partial charge in [0.25, 0.3) is 0 Å². The average Bonchev–Trinajstić information content (AvgIpc) is 3.39. The van der Waals surface area contributed by atoms with Crippen LogP contribution in [0.3, 0.4) is 0 Å². The number of aromatic nitrogens is 6. The van der Waals surface area contributed by atoms with Crippen molar-refractivity contribution < 1.29 is 4.90 Å². The molecule has 0 saturated carbocycles. The molecule has 0 saturated heterocycles. The third kappa shape index (κ3) is 4.18. The predicted molar refractivity (Wildman–Crippen MR) is 114 cm³/mol. The number of aryl methyl sites for hydroxylation is 1. The van der Waals surface area contributed by atoms with Crippen LogP contribution in [0.15, 0.2) is 61.2 Å². The van der Waals surface area contributed by atoms with Gasteiger partial charge in [-0.3, -0.25) is 5.10 Å². The Labute approximate surface area is 174 Å². The van der Waals surface area contributed by atoms with E-state index in [0.29, 0.717) is 11.4 Å². The highest BCUT2D eigenvalue weighted by Crippen LogP contribution is 2.16. The Kier molecular flexibility index (Phi) is 5.37. The fourth-order valence-electron chi connectivity index (χ4n) is 3.23. The maximum absolute atomic E-state index is 5.47. The van der Waals surface area contributed by atoms with Gasteiger partial charge in [0.05, 0.1) is 12.7 Å². The highest BCUT2D eigenvalue weighted by Gasteiger charge is 2.17. The molecule has 7 nitrogen and oxygen atoms in total. The summed E-state index contributed by atoms with van der Waals surface area (Å²) in [6.45, 7) is 4.98. The van der Waals surface area contributed by atoms with Crippen LogP contribution in [0.1, 0.15) is 24.1 Å². The van der Waals surface area contributed by atoms with Crippen molar-refractivity contribution in [3.63, 3.8) is 0 Å². The van der Waals surface area contributed by atoms with Crippen LogP contribution in [-0.4, -0.2) is 36.6 Å². The quantitative estimate of drug-likeness (QED) is 0.483. The molecule has 2 atom stereocenters. The maximum atomic E-state index is 5.47. The maximum Gasteiger partial charge on any atom is 0.221 e. The van der Waals surface area contributed by atoms with E-state index >= 15 is 0 Å². The molecule has 4 aromatic rings. The molecular weight excluding hydrogens is 382 g/mol. The van der Waals surface area contributed by atoms with Gasteiger partial charge >= 0.3 is 0 Å². The minimum atomic E-state index is 0.285. The van der Waals surface area contributed by atoms with Gasteiger partial charge in [0.15, 0.2) is 12.5 Å². The molecule has 0 radical (unpaired) electrons. The molecule has 0 aliphatic carbocycles. The summed E-state index contributed by atoms with van der Waals surface area (Å²) in [5.74, 6) is 0.799. The van der Waals surface area contributed by atoms with Crippen LogP contribution in [0.5, 0.6) is 0 Å². The molecule has 0 fully saturated rings. The van der Waals surface area contributed by atoms with Gasteiger partial charge in [0, 0.05) is 11.1 Å². The summed E-state index contributed by atoms with van der Waals surface area (Å²) in [7, 11) is 2.16. The van der Waals surface area contributed by atoms with Gasteiger partial charge in [-0.1, -0.05) is 42.0 Å². The molecule has 2 heterocycles. The Morgan fingerprint density at radius 2 is 1.83 bits per heavy atom. The van der Waals surface area contributed by atoms with Crippen molar-refractivity contribution in [1.29, 1.82) is 0 Å². The summed E-state index contributed by atoms with van der Waals surface area (Å²) in [5.41, 5.74) is 4.50. The Morgan fingerprint density at radius 1 is 1.10 bits per heavy atom. The lowest BCUT2D eigenvalue weighted by molar-refractivity contribution is -0.933. The molecule has 0 aliphatic rings. The summed E-state index contributed by atoms with van der Waals surface area (Å²) in [4.78, 5) is 9.82. The highest BCUT2D eigenvalue weighted by molar-refractivity contribution is 7.71. The van der Waals surface area contributed by atoms with Crippen molar-refractivity contribution in [2.75, 3.05) is 7.05 Å². The molecular formula is C21H24N7S+. The summed E-state index contributed by atoms with van der Waals surface area (Å²) in [5, 5.41) is 7.51. The number of aromatic amines is 1. The number of hydrogen-bond acceptors (Lipinski definition) is 4. The van der Waals surface area contributed by atoms with E-state index in [4.69, 9.17) is 12.2 Å². The summed E-state index contributed by atoms with van der Waals surface area (Å²) in [6.07, 6.45) is 3.23. The first-order valence-electron chi connectivity index (χ1n) is 9.52. The second kappa shape index (κ2) is 8.10. The summed E-state index contributed by atoms with van der Waals surface area (Å²) < 4.78 is 4.25. The van der Waals surface area contributed by atoms with Crippen LogP contribution in [0.4, 0.5) is 0 Å². The topological polar surface area (TPSA) is 68.8 Å². The smallest absolute Gasteiger partial charge is 0.221 e. The third-order valence-electron chi connectivity index (χ3n) is 5.23. The van der Waals surface area contributed by atoms with Crippen molar-refractivity contribution in [3.05, 3.63) is 77.1 Å². The van der Waals surface area contributed by atoms with E-state index in [2.05, 4.69) is 89.6 Å². The third-order valence-corrected chi connectivity index (χ3v) is 5.54. The molecule has 2 aromatic carbocycles. The first kappa shape index (κ1) is 19.2. The average molecular weight is 407 g/mol. The number of benzene rings is 2. The highest BCUT2D eigenvalue weighted by atomic mass is 32.1. The summed E-state index contributed by atoms with van der Waals surface area (Å²) >= 11 is 5.47. The van der Waals surface area contributed by atoms with Gasteiger partial charge in [-0.2, -0.15) is 10.1 Å². The minimum absolute atomic E-state index is 0.285. The zero-order valence-corrected chi connectivity index (χ0v) is 17.5. The second-order valence-electron chi connectivity index (χ2n) is 7.31. The van der Waals surface area contributed by atoms with E-state index in [1.54, 1.807) is 11.0 Å². The van der Waals surface area contributed by atoms with Gasteiger partial charge in [0.2, 0.25) is 4.77 Å². The van der Waals surface area contributed by atoms with Crippen LogP contribution in [0, 0.1) is 11.7 Å². The van der Waals surface area contributed by atoms with Crippen molar-refractivity contribution in [1.82, 2.24) is 29.5 Å². The number of rotatable bonds is 6. The van der Waals surface area contributed by atoms with E-state index in [0.717, 1.165) is 17.1 Å². The molecule has 1 unspecified atom stereocenters. The zero-order chi connectivity index (χ0) is 20.4. The number of quaternary nitrogens is 1. The predicted octanol–water partition coefficient (Wildman–Crippen LogP) is 2.73. The lowest BCUT2D eigenvalue weighted by Gasteiger charge is -2.22. The van der Waals surface area contributed by atoms with Crippen LogP contribution in [0.2, 0.25) is 0 Å². The molecule has 0 spiro atoms. The van der Waals surface area contributed by atoms with Gasteiger partial charge in [0.1, 0.15) is 18.7 Å². The first-order chi connectivity index (χ1) is 14.0. The van der Waals surface area contributed by atoms with Gasteiger partial charge in [-0.15, -0.1) is 0 Å². The fraction of sp³-hybridized carbons (Fsp3) is 0.238. The fourth-order valence-corrected chi connectivity index (χ4v) is 3.43. The first-order valence-corrected chi connectivity index (χ1v) is 9.93.